The number of carbonyl (C=O) groups is 1. The maximum atomic E-state index is 13.2. The summed E-state index contributed by atoms with van der Waals surface area (Å²) in [7, 11) is 0. The van der Waals surface area contributed by atoms with E-state index in [1.165, 1.54) is 12.3 Å². The van der Waals surface area contributed by atoms with Gasteiger partial charge in [-0.2, -0.15) is 0 Å². The lowest BCUT2D eigenvalue weighted by Gasteiger charge is -2.07. The number of esters is 1. The van der Waals surface area contributed by atoms with Crippen molar-refractivity contribution in [3.63, 3.8) is 0 Å². The van der Waals surface area contributed by atoms with Crippen molar-refractivity contribution < 1.29 is 13.9 Å². The first kappa shape index (κ1) is 11.4. The standard InChI is InChI=1S/C9H9FINO2/c1-5(2)14-9(13)8-7(10)3-6(11)4-12-8/h3-5H,1-2H3. The van der Waals surface area contributed by atoms with Crippen LogP contribution < -0.4 is 0 Å². The minimum absolute atomic E-state index is 0.265. The minimum atomic E-state index is -0.728. The zero-order valence-corrected chi connectivity index (χ0v) is 9.91. The molecule has 0 bridgehead atoms. The van der Waals surface area contributed by atoms with Gasteiger partial charge in [0.05, 0.1) is 6.10 Å². The molecule has 0 saturated carbocycles. The molecule has 0 radical (unpaired) electrons. The average Bonchev–Trinajstić information content (AvgIpc) is 2.01. The van der Waals surface area contributed by atoms with Gasteiger partial charge in [-0.15, -0.1) is 0 Å². The van der Waals surface area contributed by atoms with Crippen molar-refractivity contribution in [1.82, 2.24) is 4.98 Å². The van der Waals surface area contributed by atoms with E-state index in [0.29, 0.717) is 3.57 Å². The molecule has 1 aromatic rings. The number of nitrogens with zero attached hydrogens (tertiary/aromatic N) is 1. The Kier molecular flexibility index (Phi) is 3.79. The Labute approximate surface area is 94.8 Å². The van der Waals surface area contributed by atoms with Crippen molar-refractivity contribution in [3.05, 3.63) is 27.3 Å². The number of carbonyl (C=O) groups excluding carboxylic acids is 1. The first-order chi connectivity index (χ1) is 6.50. The van der Waals surface area contributed by atoms with E-state index >= 15 is 0 Å². The third-order valence-electron chi connectivity index (χ3n) is 1.34. The van der Waals surface area contributed by atoms with Crippen molar-refractivity contribution in [2.75, 3.05) is 0 Å². The van der Waals surface area contributed by atoms with Gasteiger partial charge in [0.25, 0.3) is 0 Å². The highest BCUT2D eigenvalue weighted by Crippen LogP contribution is 2.10. The molecule has 0 fully saturated rings. The second-order valence-corrected chi connectivity index (χ2v) is 4.18. The molecule has 0 aliphatic carbocycles. The Bertz CT molecular complexity index is 355. The first-order valence-electron chi connectivity index (χ1n) is 4.02. The fraction of sp³-hybridized carbons (Fsp3) is 0.333. The van der Waals surface area contributed by atoms with Crippen LogP contribution in [-0.4, -0.2) is 17.1 Å². The SMILES string of the molecule is CC(C)OC(=O)c1ncc(I)cc1F. The number of aromatic nitrogens is 1. The van der Waals surface area contributed by atoms with Gasteiger partial charge in [-0.05, 0) is 42.5 Å². The maximum absolute atomic E-state index is 13.2. The van der Waals surface area contributed by atoms with Crippen LogP contribution in [0.1, 0.15) is 24.3 Å². The quantitative estimate of drug-likeness (QED) is 0.622. The van der Waals surface area contributed by atoms with Crippen molar-refractivity contribution in [2.45, 2.75) is 20.0 Å². The Morgan fingerprint density at radius 1 is 1.64 bits per heavy atom. The van der Waals surface area contributed by atoms with Crippen LogP contribution in [0.5, 0.6) is 0 Å². The molecule has 76 valence electrons. The van der Waals surface area contributed by atoms with Gasteiger partial charge >= 0.3 is 5.97 Å². The van der Waals surface area contributed by atoms with Gasteiger partial charge in [0, 0.05) is 9.77 Å². The lowest BCUT2D eigenvalue weighted by molar-refractivity contribution is 0.0365. The molecule has 0 saturated heterocycles. The van der Waals surface area contributed by atoms with Crippen LogP contribution in [0.15, 0.2) is 12.3 Å². The highest BCUT2D eigenvalue weighted by molar-refractivity contribution is 14.1. The van der Waals surface area contributed by atoms with E-state index in [1.54, 1.807) is 13.8 Å². The van der Waals surface area contributed by atoms with Gasteiger partial charge < -0.3 is 4.74 Å². The summed E-state index contributed by atoms with van der Waals surface area (Å²) in [4.78, 5) is 14.9. The molecule has 14 heavy (non-hydrogen) atoms. The predicted octanol–water partition coefficient (Wildman–Crippen LogP) is 2.39. The largest absolute Gasteiger partial charge is 0.458 e. The highest BCUT2D eigenvalue weighted by Gasteiger charge is 2.16. The van der Waals surface area contributed by atoms with Gasteiger partial charge in [0.1, 0.15) is 0 Å². The summed E-state index contributed by atoms with van der Waals surface area (Å²) >= 11 is 1.92. The van der Waals surface area contributed by atoms with Crippen LogP contribution in [-0.2, 0) is 4.74 Å². The predicted molar refractivity (Wildman–Crippen MR) is 57.5 cm³/mol. The normalized spacial score (nSPS) is 10.4. The first-order valence-corrected chi connectivity index (χ1v) is 5.10. The van der Waals surface area contributed by atoms with E-state index in [2.05, 4.69) is 4.98 Å². The molecule has 0 aliphatic heterocycles. The van der Waals surface area contributed by atoms with Gasteiger partial charge in [-0.1, -0.05) is 0 Å². The van der Waals surface area contributed by atoms with Crippen LogP contribution in [0.4, 0.5) is 4.39 Å². The second-order valence-electron chi connectivity index (χ2n) is 2.94. The molecule has 5 heteroatoms. The molecule has 0 atom stereocenters. The van der Waals surface area contributed by atoms with Crippen molar-refractivity contribution >= 4 is 28.6 Å². The second kappa shape index (κ2) is 4.68. The summed E-state index contributed by atoms with van der Waals surface area (Å²) < 4.78 is 18.6. The summed E-state index contributed by atoms with van der Waals surface area (Å²) in [6.45, 7) is 3.39. The smallest absolute Gasteiger partial charge is 0.360 e. The van der Waals surface area contributed by atoms with E-state index in [1.807, 2.05) is 22.6 Å². The van der Waals surface area contributed by atoms with Crippen LogP contribution in [0, 0.1) is 9.39 Å². The molecule has 1 rings (SSSR count). The number of hydrogen-bond donors (Lipinski definition) is 0. The molecular formula is C9H9FINO2. The Balaban J connectivity index is 2.90. The lowest BCUT2D eigenvalue weighted by atomic mass is 10.3. The van der Waals surface area contributed by atoms with Crippen LogP contribution in [0.2, 0.25) is 0 Å². The summed E-state index contributed by atoms with van der Waals surface area (Å²) in [5.41, 5.74) is -0.265. The number of hydrogen-bond acceptors (Lipinski definition) is 3. The summed E-state index contributed by atoms with van der Waals surface area (Å²) in [6, 6.07) is 1.24. The molecular weight excluding hydrogens is 300 g/mol. The number of ether oxygens (including phenoxy) is 1. The molecule has 0 aromatic carbocycles. The lowest BCUT2D eigenvalue weighted by Crippen LogP contribution is -2.14. The van der Waals surface area contributed by atoms with E-state index in [9.17, 15) is 9.18 Å². The topological polar surface area (TPSA) is 39.2 Å². The fourth-order valence-corrected chi connectivity index (χ4v) is 1.25. The molecule has 1 heterocycles. The average molecular weight is 309 g/mol. The molecule has 0 N–H and O–H groups in total. The Morgan fingerprint density at radius 2 is 2.29 bits per heavy atom. The number of halogens is 2. The summed E-state index contributed by atoms with van der Waals surface area (Å²) in [6.07, 6.45) is 1.14. The fourth-order valence-electron chi connectivity index (χ4n) is 0.835. The third kappa shape index (κ3) is 2.90. The van der Waals surface area contributed by atoms with Crippen molar-refractivity contribution in [3.8, 4) is 0 Å². The molecule has 0 unspecified atom stereocenters. The molecule has 0 spiro atoms. The van der Waals surface area contributed by atoms with Gasteiger partial charge in [-0.3, -0.25) is 0 Å². The minimum Gasteiger partial charge on any atom is -0.458 e. The van der Waals surface area contributed by atoms with Crippen molar-refractivity contribution in [2.24, 2.45) is 0 Å². The number of rotatable bonds is 2. The molecule has 1 aromatic heterocycles. The molecule has 0 aliphatic rings. The Morgan fingerprint density at radius 3 is 2.79 bits per heavy atom. The molecule has 3 nitrogen and oxygen atoms in total. The Hall–Kier alpha value is -0.720. The van der Waals surface area contributed by atoms with Crippen LogP contribution in [0.3, 0.4) is 0 Å². The van der Waals surface area contributed by atoms with Crippen molar-refractivity contribution in [1.29, 1.82) is 0 Å². The van der Waals surface area contributed by atoms with Gasteiger partial charge in [0.15, 0.2) is 11.5 Å². The summed E-state index contributed by atoms with van der Waals surface area (Å²) in [5, 5.41) is 0. The van der Waals surface area contributed by atoms with E-state index in [-0.39, 0.29) is 11.8 Å². The zero-order chi connectivity index (χ0) is 10.7. The number of pyridine rings is 1. The highest BCUT2D eigenvalue weighted by atomic mass is 127. The van der Waals surface area contributed by atoms with Gasteiger partial charge in [-0.25, -0.2) is 14.2 Å². The van der Waals surface area contributed by atoms with Crippen LogP contribution >= 0.6 is 22.6 Å². The van der Waals surface area contributed by atoms with E-state index in [4.69, 9.17) is 4.74 Å². The third-order valence-corrected chi connectivity index (χ3v) is 1.93. The van der Waals surface area contributed by atoms with E-state index < -0.39 is 11.8 Å². The van der Waals surface area contributed by atoms with Gasteiger partial charge in [0.2, 0.25) is 0 Å². The monoisotopic (exact) mass is 309 g/mol. The van der Waals surface area contributed by atoms with E-state index in [0.717, 1.165) is 0 Å². The maximum Gasteiger partial charge on any atom is 0.360 e. The van der Waals surface area contributed by atoms with Crippen LogP contribution in [0.25, 0.3) is 0 Å². The molecule has 0 amide bonds. The zero-order valence-electron chi connectivity index (χ0n) is 7.75. The summed E-state index contributed by atoms with van der Waals surface area (Å²) in [5.74, 6) is -1.38.